The summed E-state index contributed by atoms with van der Waals surface area (Å²) in [6, 6.07) is 11.3. The number of likely N-dealkylation sites (tertiary alicyclic amines) is 2. The number of nitrogens with zero attached hydrogens (tertiary/aromatic N) is 2. The molecule has 0 saturated carbocycles. The first-order valence-corrected chi connectivity index (χ1v) is 15.1. The Morgan fingerprint density at radius 2 is 1.13 bits per heavy atom. The first kappa shape index (κ1) is 27.4. The van der Waals surface area contributed by atoms with Gasteiger partial charge in [0.1, 0.15) is 11.5 Å². The number of alkyl halides is 2. The fraction of sp³-hybridized carbons (Fsp3) is 0.533. The molecule has 4 N–H and O–H groups in total. The number of piperidine rings is 2. The molecular weight excluding hydrogens is 519 g/mol. The zero-order valence-corrected chi connectivity index (χ0v) is 23.6. The van der Waals surface area contributed by atoms with Crippen molar-refractivity contribution < 1.29 is 10.2 Å². The molecule has 2 aliphatic heterocycles. The van der Waals surface area contributed by atoms with Gasteiger partial charge in [-0.2, -0.15) is 0 Å². The summed E-state index contributed by atoms with van der Waals surface area (Å²) in [5.74, 6) is 2.98. The van der Waals surface area contributed by atoms with Gasteiger partial charge in [-0.3, -0.25) is 0 Å². The molecule has 0 amide bonds. The third-order valence-electron chi connectivity index (χ3n) is 8.24. The highest BCUT2D eigenvalue weighted by atomic mass is 35.5. The van der Waals surface area contributed by atoms with E-state index in [1.54, 1.807) is 12.1 Å². The smallest absolute Gasteiger partial charge is 0.123 e. The van der Waals surface area contributed by atoms with Gasteiger partial charge in [0.25, 0.3) is 0 Å². The molecule has 0 aliphatic carbocycles. The molecule has 3 aromatic carbocycles. The predicted octanol–water partition coefficient (Wildman–Crippen LogP) is 6.13. The quantitative estimate of drug-likeness (QED) is 0.136. The van der Waals surface area contributed by atoms with Crippen molar-refractivity contribution in [1.29, 1.82) is 0 Å². The van der Waals surface area contributed by atoms with Gasteiger partial charge in [-0.1, -0.05) is 0 Å². The average molecular weight is 560 g/mol. The molecule has 2 heterocycles. The monoisotopic (exact) mass is 558 g/mol. The van der Waals surface area contributed by atoms with E-state index in [2.05, 4.69) is 32.6 Å². The van der Waals surface area contributed by atoms with Crippen molar-refractivity contribution >= 4 is 56.1 Å². The highest BCUT2D eigenvalue weighted by Crippen LogP contribution is 2.39. The number of nitrogens with one attached hydrogen (secondary N) is 2. The number of aromatic hydroxyl groups is 2. The number of fused-ring (bicyclic) bond motifs is 2. The Labute approximate surface area is 235 Å². The van der Waals surface area contributed by atoms with E-state index in [0.717, 1.165) is 86.3 Å². The lowest BCUT2D eigenvalue weighted by Crippen LogP contribution is -2.38. The molecule has 206 valence electrons. The summed E-state index contributed by atoms with van der Waals surface area (Å²) < 4.78 is 0. The summed E-state index contributed by atoms with van der Waals surface area (Å²) >= 11 is 12.3. The maximum absolute atomic E-state index is 10.6. The lowest BCUT2D eigenvalue weighted by atomic mass is 9.99. The van der Waals surface area contributed by atoms with Crippen LogP contribution in [-0.2, 0) is 0 Å². The van der Waals surface area contributed by atoms with Crippen molar-refractivity contribution in [3.05, 3.63) is 36.4 Å². The maximum atomic E-state index is 10.6. The van der Waals surface area contributed by atoms with E-state index in [4.69, 9.17) is 23.2 Å². The molecular formula is C30H40Cl2N4O2. The lowest BCUT2D eigenvalue weighted by Gasteiger charge is -2.32. The number of halogens is 2. The average Bonchev–Trinajstić information content (AvgIpc) is 2.95. The molecule has 38 heavy (non-hydrogen) atoms. The molecule has 5 rings (SSSR count). The van der Waals surface area contributed by atoms with Crippen molar-refractivity contribution in [2.45, 2.75) is 25.7 Å². The topological polar surface area (TPSA) is 71.0 Å². The first-order valence-electron chi connectivity index (χ1n) is 14.0. The van der Waals surface area contributed by atoms with Crippen LogP contribution in [0.5, 0.6) is 11.5 Å². The third-order valence-corrected chi connectivity index (χ3v) is 9.11. The van der Waals surface area contributed by atoms with E-state index in [1.165, 1.54) is 25.7 Å². The Morgan fingerprint density at radius 3 is 1.55 bits per heavy atom. The SMILES string of the molecule is Oc1ccc(O)c2cc3c(NCCN4CCCC(CCl)C4)ccc(NCCN4CCCC(CCl)C4)c3cc12. The number of benzene rings is 3. The second kappa shape index (κ2) is 12.8. The Morgan fingerprint density at radius 1 is 0.684 bits per heavy atom. The lowest BCUT2D eigenvalue weighted by molar-refractivity contribution is 0.192. The number of rotatable bonds is 10. The van der Waals surface area contributed by atoms with Gasteiger partial charge >= 0.3 is 0 Å². The summed E-state index contributed by atoms with van der Waals surface area (Å²) in [5.41, 5.74) is 2.06. The molecule has 0 spiro atoms. The number of anilines is 2. The first-order chi connectivity index (χ1) is 18.6. The van der Waals surface area contributed by atoms with Crippen molar-refractivity contribution in [3.63, 3.8) is 0 Å². The highest BCUT2D eigenvalue weighted by molar-refractivity contribution is 6.18. The fourth-order valence-corrected chi connectivity index (χ4v) is 6.62. The molecule has 0 aromatic heterocycles. The number of phenolic OH excluding ortho intramolecular Hbond substituents is 2. The van der Waals surface area contributed by atoms with Crippen LogP contribution in [0.2, 0.25) is 0 Å². The van der Waals surface area contributed by atoms with Gasteiger partial charge < -0.3 is 30.6 Å². The molecule has 2 unspecified atom stereocenters. The van der Waals surface area contributed by atoms with Crippen LogP contribution in [0.1, 0.15) is 25.7 Å². The minimum Gasteiger partial charge on any atom is -0.507 e. The van der Waals surface area contributed by atoms with E-state index in [1.807, 2.05) is 12.1 Å². The highest BCUT2D eigenvalue weighted by Gasteiger charge is 2.20. The minimum atomic E-state index is 0.170. The van der Waals surface area contributed by atoms with Crippen molar-refractivity contribution in [3.8, 4) is 11.5 Å². The van der Waals surface area contributed by atoms with Crippen LogP contribution in [0, 0.1) is 11.8 Å². The van der Waals surface area contributed by atoms with Gasteiger partial charge in [-0.25, -0.2) is 0 Å². The molecule has 3 aromatic rings. The van der Waals surface area contributed by atoms with E-state index in [0.29, 0.717) is 22.6 Å². The third kappa shape index (κ3) is 6.36. The van der Waals surface area contributed by atoms with Gasteiger partial charge in [0.05, 0.1) is 0 Å². The summed E-state index contributed by atoms with van der Waals surface area (Å²) in [6.07, 6.45) is 4.86. The molecule has 2 fully saturated rings. The summed E-state index contributed by atoms with van der Waals surface area (Å²) in [5, 5.41) is 31.8. The van der Waals surface area contributed by atoms with Gasteiger partial charge in [0, 0.05) is 83.9 Å². The van der Waals surface area contributed by atoms with Crippen LogP contribution in [0.3, 0.4) is 0 Å². The second-order valence-corrected chi connectivity index (χ2v) is 11.6. The van der Waals surface area contributed by atoms with Crippen LogP contribution >= 0.6 is 23.2 Å². The van der Waals surface area contributed by atoms with Crippen LogP contribution < -0.4 is 10.6 Å². The Balaban J connectivity index is 1.35. The van der Waals surface area contributed by atoms with E-state index in [9.17, 15) is 10.2 Å². The maximum Gasteiger partial charge on any atom is 0.123 e. The number of hydrogen-bond acceptors (Lipinski definition) is 6. The van der Waals surface area contributed by atoms with E-state index >= 15 is 0 Å². The molecule has 6 nitrogen and oxygen atoms in total. The standard InChI is InChI=1S/C30H40Cl2N4O2/c31-17-21-3-1-11-35(19-21)13-9-33-27-5-6-28(34-10-14-36-12-2-4-22(18-32)20-36)24-16-26-25(15-23(24)27)29(37)7-8-30(26)38/h5-8,15-16,21-22,33-34,37-38H,1-4,9-14,17-20H2. The summed E-state index contributed by atoms with van der Waals surface area (Å²) in [6.45, 7) is 7.97. The van der Waals surface area contributed by atoms with Crippen molar-refractivity contribution in [1.82, 2.24) is 9.80 Å². The van der Waals surface area contributed by atoms with Crippen LogP contribution in [0.25, 0.3) is 21.5 Å². The van der Waals surface area contributed by atoms with Crippen LogP contribution in [0.15, 0.2) is 36.4 Å². The predicted molar refractivity (Wildman–Crippen MR) is 162 cm³/mol. The molecule has 2 saturated heterocycles. The number of phenols is 2. The van der Waals surface area contributed by atoms with Crippen molar-refractivity contribution in [2.24, 2.45) is 11.8 Å². The molecule has 2 atom stereocenters. The largest absolute Gasteiger partial charge is 0.507 e. The van der Waals surface area contributed by atoms with Gasteiger partial charge in [-0.05, 0) is 87.0 Å². The van der Waals surface area contributed by atoms with Crippen LogP contribution in [0.4, 0.5) is 11.4 Å². The zero-order valence-electron chi connectivity index (χ0n) is 22.1. The molecule has 0 radical (unpaired) electrons. The van der Waals surface area contributed by atoms with E-state index in [-0.39, 0.29) is 11.5 Å². The zero-order chi connectivity index (χ0) is 26.5. The number of hydrogen-bond donors (Lipinski definition) is 4. The summed E-state index contributed by atoms with van der Waals surface area (Å²) in [7, 11) is 0. The molecule has 8 heteroatoms. The van der Waals surface area contributed by atoms with Crippen molar-refractivity contribution in [2.75, 3.05) is 74.8 Å². The minimum absolute atomic E-state index is 0.170. The summed E-state index contributed by atoms with van der Waals surface area (Å²) in [4.78, 5) is 4.99. The molecule has 0 bridgehead atoms. The Hall–Kier alpha value is -2.12. The Kier molecular flexibility index (Phi) is 9.26. The van der Waals surface area contributed by atoms with Gasteiger partial charge in [-0.15, -0.1) is 23.2 Å². The fourth-order valence-electron chi connectivity index (χ4n) is 6.12. The van der Waals surface area contributed by atoms with Crippen LogP contribution in [-0.4, -0.2) is 84.1 Å². The normalized spacial score (nSPS) is 21.2. The Bertz CT molecular complexity index is 1150. The second-order valence-electron chi connectivity index (χ2n) is 11.0. The molecule has 2 aliphatic rings. The van der Waals surface area contributed by atoms with Gasteiger partial charge in [0.15, 0.2) is 0 Å². The van der Waals surface area contributed by atoms with E-state index < -0.39 is 0 Å². The van der Waals surface area contributed by atoms with Gasteiger partial charge in [0.2, 0.25) is 0 Å².